The van der Waals surface area contributed by atoms with Gasteiger partial charge in [-0.2, -0.15) is 0 Å². The number of hydrogen-bond acceptors (Lipinski definition) is 14. The van der Waals surface area contributed by atoms with E-state index in [4.69, 9.17) is 18.5 Å². The van der Waals surface area contributed by atoms with Crippen LogP contribution < -0.4 is 0 Å². The minimum Gasteiger partial charge on any atom is -0.462 e. The second kappa shape index (κ2) is 42.8. The van der Waals surface area contributed by atoms with Crippen molar-refractivity contribution >= 4 is 27.6 Å². The number of phosphoric ester groups is 2. The fourth-order valence-corrected chi connectivity index (χ4v) is 8.68. The standard InChI is InChI=1S/C54H88O17P2/c1-3-5-7-9-11-12-13-14-15-16-17-18-19-20-21-22-26-29-33-37-41-47(56)67-43-46(44-68-73(65,66)71-54-51(60)49(58)50(59)53(52(54)61)70-72(62,63)64)69-48(57)42-38-34-30-27-24-23-25-28-32-36-40-45(55)39-35-31-10-8-6-4-2/h6,8,12-13,15-16,18-19,23-24,28,30-32,34-36,40,45-46,49-55,58-61H,3-5,7,9-11,14,17,20-22,25-27,29,33,37-39,41-44H2,1-2H3,(H,65,66)(H2,62,63,64)/b8-6-,13-12-,16-15-,19-18-,24-23-,32-28-,34-30-,35-31-,40-36+/t45?,46-,49?,50?,51?,52?,53-,54+/m1/s1. The van der Waals surface area contributed by atoms with Crippen molar-refractivity contribution in [2.24, 2.45) is 0 Å². The van der Waals surface area contributed by atoms with Crippen LogP contribution in [-0.2, 0) is 41.8 Å². The van der Waals surface area contributed by atoms with Crippen LogP contribution in [0.25, 0.3) is 0 Å². The van der Waals surface area contributed by atoms with Gasteiger partial charge in [0.05, 0.1) is 12.7 Å². The first-order valence-electron chi connectivity index (χ1n) is 26.0. The summed E-state index contributed by atoms with van der Waals surface area (Å²) in [5.74, 6) is -1.36. The van der Waals surface area contributed by atoms with Gasteiger partial charge in [0.25, 0.3) is 0 Å². The minimum absolute atomic E-state index is 0.0736. The molecule has 0 bridgehead atoms. The fourth-order valence-electron chi connectivity index (χ4n) is 7.14. The maximum absolute atomic E-state index is 13.0. The quantitative estimate of drug-likeness (QED) is 0.00928. The van der Waals surface area contributed by atoms with Crippen LogP contribution in [0.3, 0.4) is 0 Å². The summed E-state index contributed by atoms with van der Waals surface area (Å²) in [5, 5.41) is 51.4. The lowest BCUT2D eigenvalue weighted by molar-refractivity contribution is -0.216. The molecule has 73 heavy (non-hydrogen) atoms. The zero-order valence-electron chi connectivity index (χ0n) is 43.1. The maximum Gasteiger partial charge on any atom is 0.472 e. The van der Waals surface area contributed by atoms with Crippen molar-refractivity contribution in [2.75, 3.05) is 13.2 Å². The Hall–Kier alpha value is -3.38. The molecule has 1 saturated carbocycles. The molecule has 0 spiro atoms. The van der Waals surface area contributed by atoms with Gasteiger partial charge in [0.2, 0.25) is 0 Å². The Kier molecular flexibility index (Phi) is 39.7. The zero-order chi connectivity index (χ0) is 54.0. The van der Waals surface area contributed by atoms with Crippen LogP contribution >= 0.6 is 15.6 Å². The Balaban J connectivity index is 2.63. The summed E-state index contributed by atoms with van der Waals surface area (Å²) in [4.78, 5) is 54.4. The van der Waals surface area contributed by atoms with Crippen molar-refractivity contribution in [3.8, 4) is 0 Å². The summed E-state index contributed by atoms with van der Waals surface area (Å²) < 4.78 is 49.4. The van der Waals surface area contributed by atoms with Crippen LogP contribution in [0.1, 0.15) is 155 Å². The van der Waals surface area contributed by atoms with Crippen LogP contribution in [0.4, 0.5) is 0 Å². The van der Waals surface area contributed by atoms with E-state index >= 15 is 0 Å². The summed E-state index contributed by atoms with van der Waals surface area (Å²) >= 11 is 0. The van der Waals surface area contributed by atoms with E-state index in [-0.39, 0.29) is 19.3 Å². The molecule has 17 nitrogen and oxygen atoms in total. The first-order chi connectivity index (χ1) is 35.0. The van der Waals surface area contributed by atoms with E-state index in [1.54, 1.807) is 18.2 Å². The summed E-state index contributed by atoms with van der Waals surface area (Å²) in [6.07, 6.45) is 39.2. The molecular weight excluding hydrogens is 983 g/mol. The Labute approximate surface area is 434 Å². The number of rotatable bonds is 42. The highest BCUT2D eigenvalue weighted by atomic mass is 31.2. The number of carbonyl (C=O) groups is 2. The van der Waals surface area contributed by atoms with Gasteiger partial charge in [0, 0.05) is 12.8 Å². The number of esters is 2. The van der Waals surface area contributed by atoms with Crippen molar-refractivity contribution in [3.63, 3.8) is 0 Å². The Morgan fingerprint density at radius 2 is 1.03 bits per heavy atom. The van der Waals surface area contributed by atoms with Crippen molar-refractivity contribution in [3.05, 3.63) is 109 Å². The molecule has 1 fully saturated rings. The molecule has 0 aromatic rings. The summed E-state index contributed by atoms with van der Waals surface area (Å²) in [5.41, 5.74) is 0. The minimum atomic E-state index is -5.39. The van der Waals surface area contributed by atoms with Gasteiger partial charge in [-0.05, 0) is 83.5 Å². The van der Waals surface area contributed by atoms with E-state index in [2.05, 4.69) is 67.0 Å². The lowest BCUT2D eigenvalue weighted by Gasteiger charge is -2.43. The monoisotopic (exact) mass is 1070 g/mol. The third kappa shape index (κ3) is 37.1. The van der Waals surface area contributed by atoms with Crippen LogP contribution in [-0.4, -0.2) is 114 Å². The number of phosphoric acid groups is 2. The van der Waals surface area contributed by atoms with Crippen LogP contribution in [0.5, 0.6) is 0 Å². The van der Waals surface area contributed by atoms with Gasteiger partial charge < -0.3 is 49.7 Å². The molecule has 0 aliphatic heterocycles. The molecule has 1 aliphatic rings. The molecule has 0 saturated heterocycles. The number of unbranched alkanes of at least 4 members (excludes halogenated alkanes) is 10. The molecule has 19 heteroatoms. The van der Waals surface area contributed by atoms with Crippen LogP contribution in [0, 0.1) is 0 Å². The molecule has 6 unspecified atom stereocenters. The number of aliphatic hydroxyl groups is 5. The van der Waals surface area contributed by atoms with Gasteiger partial charge in [-0.15, -0.1) is 0 Å². The normalized spacial score (nSPS) is 21.9. The Morgan fingerprint density at radius 1 is 0.521 bits per heavy atom. The molecule has 8 N–H and O–H groups in total. The largest absolute Gasteiger partial charge is 0.472 e. The van der Waals surface area contributed by atoms with Gasteiger partial charge in [-0.1, -0.05) is 168 Å². The van der Waals surface area contributed by atoms with Gasteiger partial charge >= 0.3 is 27.6 Å². The van der Waals surface area contributed by atoms with Crippen molar-refractivity contribution in [1.82, 2.24) is 0 Å². The number of allylic oxidation sites excluding steroid dienone is 16. The number of hydrogen-bond donors (Lipinski definition) is 8. The predicted octanol–water partition coefficient (Wildman–Crippen LogP) is 9.87. The molecular formula is C54H88O17P2. The lowest BCUT2D eigenvalue weighted by atomic mass is 9.85. The van der Waals surface area contributed by atoms with E-state index in [1.165, 1.54) is 25.7 Å². The summed E-state index contributed by atoms with van der Waals surface area (Å²) in [6, 6.07) is 0. The van der Waals surface area contributed by atoms with E-state index in [9.17, 15) is 58.9 Å². The molecule has 0 amide bonds. The van der Waals surface area contributed by atoms with E-state index in [1.807, 2.05) is 42.5 Å². The molecule has 1 rings (SSSR count). The SMILES string of the molecule is CC/C=C\C/C=C\CC(O)/C=C/C=C\C/C=C\C/C=C\CCC(=O)O[C@H](COC(=O)CCCCCCCC/C=C\C/C=C\C/C=C\CCCCCC)COP(=O)(O)O[C@H]1C(O)C(O)C(O)[C@@H](OP(=O)(O)O)C1O. The van der Waals surface area contributed by atoms with Crippen LogP contribution in [0.2, 0.25) is 0 Å². The molecule has 0 radical (unpaired) electrons. The van der Waals surface area contributed by atoms with Crippen LogP contribution in [0.15, 0.2) is 109 Å². The molecule has 416 valence electrons. The van der Waals surface area contributed by atoms with Gasteiger partial charge in [0.1, 0.15) is 43.2 Å². The average molecular weight is 1070 g/mol. The first kappa shape index (κ1) is 67.6. The van der Waals surface area contributed by atoms with Crippen molar-refractivity contribution < 1.29 is 82.0 Å². The zero-order valence-corrected chi connectivity index (χ0v) is 44.9. The maximum atomic E-state index is 13.0. The third-order valence-electron chi connectivity index (χ3n) is 11.2. The number of ether oxygens (including phenoxy) is 2. The number of carbonyl (C=O) groups excluding carboxylic acids is 2. The summed E-state index contributed by atoms with van der Waals surface area (Å²) in [7, 11) is -10.7. The molecule has 1 aliphatic carbocycles. The van der Waals surface area contributed by atoms with E-state index in [0.29, 0.717) is 25.7 Å². The highest BCUT2D eigenvalue weighted by Gasteiger charge is 2.54. The van der Waals surface area contributed by atoms with Gasteiger partial charge in [-0.25, -0.2) is 9.13 Å². The first-order valence-corrected chi connectivity index (χ1v) is 29.1. The van der Waals surface area contributed by atoms with E-state index < -0.39 is 89.6 Å². The molecule has 9 atom stereocenters. The topological polar surface area (TPSA) is 276 Å². The van der Waals surface area contributed by atoms with Gasteiger partial charge in [0.15, 0.2) is 6.10 Å². The average Bonchev–Trinajstić information content (AvgIpc) is 3.34. The Bertz CT molecular complexity index is 1830. The van der Waals surface area contributed by atoms with Crippen molar-refractivity contribution in [1.29, 1.82) is 0 Å². The summed E-state index contributed by atoms with van der Waals surface area (Å²) in [6.45, 7) is 2.85. The number of aliphatic hydroxyl groups excluding tert-OH is 5. The molecule has 0 heterocycles. The second-order valence-corrected chi connectivity index (χ2v) is 20.3. The molecule has 0 aromatic heterocycles. The Morgan fingerprint density at radius 3 is 1.62 bits per heavy atom. The van der Waals surface area contributed by atoms with Crippen molar-refractivity contribution in [2.45, 2.75) is 204 Å². The highest BCUT2D eigenvalue weighted by molar-refractivity contribution is 7.47. The predicted molar refractivity (Wildman–Crippen MR) is 284 cm³/mol. The lowest BCUT2D eigenvalue weighted by Crippen LogP contribution is -2.64. The fraction of sp³-hybridized carbons (Fsp3) is 0.630. The highest BCUT2D eigenvalue weighted by Crippen LogP contribution is 2.49. The molecule has 0 aromatic carbocycles. The smallest absolute Gasteiger partial charge is 0.462 e. The van der Waals surface area contributed by atoms with Gasteiger partial charge in [-0.3, -0.25) is 23.2 Å². The second-order valence-electron chi connectivity index (χ2n) is 17.7. The third-order valence-corrected chi connectivity index (χ3v) is 12.7. The van der Waals surface area contributed by atoms with E-state index in [0.717, 1.165) is 70.6 Å².